The summed E-state index contributed by atoms with van der Waals surface area (Å²) in [6.45, 7) is 3.24. The summed E-state index contributed by atoms with van der Waals surface area (Å²) in [7, 11) is 1.80. The van der Waals surface area contributed by atoms with Crippen LogP contribution in [0.5, 0.6) is 5.75 Å². The van der Waals surface area contributed by atoms with Crippen molar-refractivity contribution in [2.75, 3.05) is 33.4 Å². The number of hydrogen-bond acceptors (Lipinski definition) is 3. The third kappa shape index (κ3) is 5.37. The Kier molecular flexibility index (Phi) is 7.84. The fourth-order valence-electron chi connectivity index (χ4n) is 2.93. The van der Waals surface area contributed by atoms with Crippen molar-refractivity contribution in [3.8, 4) is 5.75 Å². The van der Waals surface area contributed by atoms with Gasteiger partial charge in [0, 0.05) is 20.0 Å². The Morgan fingerprint density at radius 2 is 2.17 bits per heavy atom. The second-order valence-electron chi connectivity index (χ2n) is 5.87. The van der Waals surface area contributed by atoms with Crippen LogP contribution in [0.2, 0.25) is 0 Å². The van der Waals surface area contributed by atoms with E-state index in [1.54, 1.807) is 7.05 Å². The third-order valence-electron chi connectivity index (χ3n) is 4.23. The summed E-state index contributed by atoms with van der Waals surface area (Å²) in [4.78, 5) is 4.28. The average Bonchev–Trinajstić information content (AvgIpc) is 3.01. The van der Waals surface area contributed by atoms with Crippen molar-refractivity contribution in [2.45, 2.75) is 25.4 Å². The lowest BCUT2D eigenvalue weighted by Crippen LogP contribution is -2.42. The molecule has 132 valence electrons. The molecule has 3 rings (SSSR count). The van der Waals surface area contributed by atoms with E-state index in [1.807, 2.05) is 12.1 Å². The van der Waals surface area contributed by atoms with Gasteiger partial charge in [0.25, 0.3) is 0 Å². The van der Waals surface area contributed by atoms with E-state index >= 15 is 0 Å². The quantitative estimate of drug-likeness (QED) is 0.318. The minimum absolute atomic E-state index is 0. The van der Waals surface area contributed by atoms with Crippen LogP contribution in [-0.4, -0.2) is 45.4 Å². The van der Waals surface area contributed by atoms with Gasteiger partial charge >= 0.3 is 0 Å². The van der Waals surface area contributed by atoms with Crippen molar-refractivity contribution in [3.05, 3.63) is 41.5 Å². The largest absolute Gasteiger partial charge is 0.488 e. The zero-order chi connectivity index (χ0) is 15.9. The maximum Gasteiger partial charge on any atom is 0.191 e. The van der Waals surface area contributed by atoms with E-state index in [0.717, 1.165) is 57.3 Å². The highest BCUT2D eigenvalue weighted by molar-refractivity contribution is 14.0. The molecule has 0 aromatic heterocycles. The minimum Gasteiger partial charge on any atom is -0.488 e. The van der Waals surface area contributed by atoms with E-state index in [1.165, 1.54) is 11.1 Å². The molecule has 24 heavy (non-hydrogen) atoms. The molecule has 6 heteroatoms. The fourth-order valence-corrected chi connectivity index (χ4v) is 2.93. The number of ether oxygens (including phenoxy) is 2. The number of hydrogen-bond donors (Lipinski definition) is 2. The van der Waals surface area contributed by atoms with Crippen LogP contribution in [0.15, 0.2) is 40.9 Å². The highest BCUT2D eigenvalue weighted by atomic mass is 127. The van der Waals surface area contributed by atoms with Gasteiger partial charge < -0.3 is 20.1 Å². The molecule has 0 bridgehead atoms. The summed E-state index contributed by atoms with van der Waals surface area (Å²) < 4.78 is 11.3. The zero-order valence-corrected chi connectivity index (χ0v) is 16.4. The molecule has 1 aromatic rings. The number of nitrogens with one attached hydrogen (secondary N) is 2. The molecule has 0 spiro atoms. The van der Waals surface area contributed by atoms with Crippen molar-refractivity contribution in [1.29, 1.82) is 0 Å². The molecule has 0 fully saturated rings. The molecule has 0 radical (unpaired) electrons. The first-order valence-electron chi connectivity index (χ1n) is 8.30. The van der Waals surface area contributed by atoms with Gasteiger partial charge in [-0.15, -0.1) is 24.0 Å². The van der Waals surface area contributed by atoms with Crippen molar-refractivity contribution in [3.63, 3.8) is 0 Å². The van der Waals surface area contributed by atoms with E-state index in [4.69, 9.17) is 9.47 Å². The van der Waals surface area contributed by atoms with Crippen molar-refractivity contribution < 1.29 is 9.47 Å². The standard InChI is InChI=1S/C18H25N3O2.HI/c1-19-18(20-9-6-14-7-10-22-11-8-14)21-13-16-12-15-4-2-3-5-17(15)23-16;/h2-5,7,16H,6,8-13H2,1H3,(H2,19,20,21);1H. The van der Waals surface area contributed by atoms with Gasteiger partial charge in [-0.1, -0.05) is 29.8 Å². The van der Waals surface area contributed by atoms with Crippen LogP contribution in [0.4, 0.5) is 0 Å². The van der Waals surface area contributed by atoms with Gasteiger partial charge in [-0.25, -0.2) is 0 Å². The maximum atomic E-state index is 5.93. The van der Waals surface area contributed by atoms with Crippen LogP contribution < -0.4 is 15.4 Å². The number of nitrogens with zero attached hydrogens (tertiary/aromatic N) is 1. The van der Waals surface area contributed by atoms with Gasteiger partial charge in [-0.05, 0) is 24.5 Å². The lowest BCUT2D eigenvalue weighted by atomic mass is 10.1. The molecule has 1 unspecified atom stereocenters. The van der Waals surface area contributed by atoms with Gasteiger partial charge in [-0.2, -0.15) is 0 Å². The predicted molar refractivity (Wildman–Crippen MR) is 107 cm³/mol. The average molecular weight is 443 g/mol. The summed E-state index contributed by atoms with van der Waals surface area (Å²) in [5, 5.41) is 6.72. The van der Waals surface area contributed by atoms with Crippen LogP contribution in [0.1, 0.15) is 18.4 Å². The smallest absolute Gasteiger partial charge is 0.191 e. The lowest BCUT2D eigenvalue weighted by Gasteiger charge is -2.17. The molecular formula is C18H26IN3O2. The van der Waals surface area contributed by atoms with Gasteiger partial charge in [-0.3, -0.25) is 4.99 Å². The number of fused-ring (bicyclic) bond motifs is 1. The Morgan fingerprint density at radius 3 is 2.92 bits per heavy atom. The van der Waals surface area contributed by atoms with E-state index < -0.39 is 0 Å². The zero-order valence-electron chi connectivity index (χ0n) is 14.1. The summed E-state index contributed by atoms with van der Waals surface area (Å²) in [6, 6.07) is 8.23. The van der Waals surface area contributed by atoms with Crippen LogP contribution in [0.3, 0.4) is 0 Å². The Balaban J connectivity index is 0.00000208. The van der Waals surface area contributed by atoms with Gasteiger partial charge in [0.1, 0.15) is 11.9 Å². The monoisotopic (exact) mass is 443 g/mol. The number of para-hydroxylation sites is 1. The highest BCUT2D eigenvalue weighted by Gasteiger charge is 2.22. The van der Waals surface area contributed by atoms with Gasteiger partial charge in [0.15, 0.2) is 5.96 Å². The normalized spacial score (nSPS) is 19.6. The summed E-state index contributed by atoms with van der Waals surface area (Å²) >= 11 is 0. The molecule has 0 amide bonds. The molecule has 2 N–H and O–H groups in total. The van der Waals surface area contributed by atoms with Crippen LogP contribution >= 0.6 is 24.0 Å². The predicted octanol–water partition coefficient (Wildman–Crippen LogP) is 2.51. The minimum atomic E-state index is 0. The molecule has 2 heterocycles. The topological polar surface area (TPSA) is 54.9 Å². The summed E-state index contributed by atoms with van der Waals surface area (Å²) in [6.07, 6.45) is 5.39. The van der Waals surface area contributed by atoms with Gasteiger partial charge in [0.05, 0.1) is 19.8 Å². The first-order chi connectivity index (χ1) is 11.3. The number of benzene rings is 1. The molecule has 0 saturated heterocycles. The molecule has 2 aliphatic rings. The molecule has 1 atom stereocenters. The van der Waals surface area contributed by atoms with Crippen LogP contribution in [0, 0.1) is 0 Å². The molecule has 0 aliphatic carbocycles. The Hall–Kier alpha value is -1.28. The Bertz CT molecular complexity index is 564. The lowest BCUT2D eigenvalue weighted by molar-refractivity contribution is 0.153. The molecular weight excluding hydrogens is 417 g/mol. The van der Waals surface area contributed by atoms with Crippen LogP contribution in [0.25, 0.3) is 0 Å². The van der Waals surface area contributed by atoms with E-state index in [-0.39, 0.29) is 30.1 Å². The molecule has 5 nitrogen and oxygen atoms in total. The first kappa shape index (κ1) is 19.1. The summed E-state index contributed by atoms with van der Waals surface area (Å²) in [5.41, 5.74) is 2.75. The third-order valence-corrected chi connectivity index (χ3v) is 4.23. The Labute approximate surface area is 160 Å². The summed E-state index contributed by atoms with van der Waals surface area (Å²) in [5.74, 6) is 1.84. The molecule has 0 saturated carbocycles. The van der Waals surface area contributed by atoms with Crippen molar-refractivity contribution in [2.24, 2.45) is 4.99 Å². The number of halogens is 1. The highest BCUT2D eigenvalue weighted by Crippen LogP contribution is 2.27. The van der Waals surface area contributed by atoms with Crippen molar-refractivity contribution >= 4 is 29.9 Å². The first-order valence-corrected chi connectivity index (χ1v) is 8.30. The molecule has 2 aliphatic heterocycles. The van der Waals surface area contributed by atoms with E-state index in [9.17, 15) is 0 Å². The van der Waals surface area contributed by atoms with Crippen LogP contribution in [-0.2, 0) is 11.2 Å². The number of aliphatic imine (C=N–C) groups is 1. The van der Waals surface area contributed by atoms with E-state index in [2.05, 4.69) is 33.8 Å². The fraction of sp³-hybridized carbons (Fsp3) is 0.500. The Morgan fingerprint density at radius 1 is 1.29 bits per heavy atom. The second-order valence-corrected chi connectivity index (χ2v) is 5.87. The maximum absolute atomic E-state index is 5.93. The van der Waals surface area contributed by atoms with Gasteiger partial charge in [0.2, 0.25) is 0 Å². The SMILES string of the molecule is CN=C(NCCC1=CCOCC1)NCC1Cc2ccccc2O1.I. The number of rotatable bonds is 5. The van der Waals surface area contributed by atoms with E-state index in [0.29, 0.717) is 0 Å². The van der Waals surface area contributed by atoms with Crippen molar-refractivity contribution in [1.82, 2.24) is 10.6 Å². The molecule has 1 aromatic carbocycles. The number of guanidine groups is 1. The second kappa shape index (κ2) is 9.88.